The minimum atomic E-state index is 0. The molecule has 5 nitrogen and oxygen atoms in total. The van der Waals surface area contributed by atoms with Crippen molar-refractivity contribution in [3.8, 4) is 5.75 Å². The van der Waals surface area contributed by atoms with Crippen LogP contribution in [0, 0.1) is 0 Å². The maximum atomic E-state index is 6.04. The van der Waals surface area contributed by atoms with Gasteiger partial charge in [-0.1, -0.05) is 25.1 Å². The minimum absolute atomic E-state index is 0. The van der Waals surface area contributed by atoms with E-state index in [0.717, 1.165) is 24.4 Å². The molecule has 1 atom stereocenters. The van der Waals surface area contributed by atoms with Gasteiger partial charge in [0.2, 0.25) is 0 Å². The van der Waals surface area contributed by atoms with Crippen molar-refractivity contribution < 1.29 is 4.74 Å². The van der Waals surface area contributed by atoms with Crippen LogP contribution in [-0.2, 0) is 6.54 Å². The van der Waals surface area contributed by atoms with Crippen molar-refractivity contribution in [2.45, 2.75) is 32.4 Å². The number of likely N-dealkylation sites (N-methyl/N-ethyl adjacent to an activating group) is 1. The molecule has 142 valence electrons. The molecule has 0 spiro atoms. The molecule has 0 amide bonds. The van der Waals surface area contributed by atoms with Crippen molar-refractivity contribution in [2.24, 2.45) is 10.7 Å². The fourth-order valence-electron chi connectivity index (χ4n) is 3.50. The number of benzene rings is 2. The minimum Gasteiger partial charge on any atom is -0.497 e. The molecule has 1 saturated heterocycles. The predicted octanol–water partition coefficient (Wildman–Crippen LogP) is 3.36. The third-order valence-electron chi connectivity index (χ3n) is 4.97. The molecule has 2 aromatic rings. The smallest absolute Gasteiger partial charge is 0.188 e. The summed E-state index contributed by atoms with van der Waals surface area (Å²) in [7, 11) is 1.69. The molecule has 0 radical (unpaired) electrons. The maximum absolute atomic E-state index is 6.04. The topological polar surface area (TPSA) is 62.9 Å². The monoisotopic (exact) mass is 468 g/mol. The number of guanidine groups is 1. The van der Waals surface area contributed by atoms with Gasteiger partial charge in [-0.2, -0.15) is 0 Å². The number of methoxy groups -OCH3 is 1. The van der Waals surface area contributed by atoms with Crippen molar-refractivity contribution in [1.29, 1.82) is 0 Å². The third-order valence-corrected chi connectivity index (χ3v) is 4.97. The fourth-order valence-corrected chi connectivity index (χ4v) is 3.50. The molecule has 26 heavy (non-hydrogen) atoms. The Morgan fingerprint density at radius 2 is 2.04 bits per heavy atom. The Hall–Kier alpha value is -1.54. The zero-order valence-electron chi connectivity index (χ0n) is 15.6. The van der Waals surface area contributed by atoms with E-state index in [-0.39, 0.29) is 24.0 Å². The van der Waals surface area contributed by atoms with Gasteiger partial charge in [0.05, 0.1) is 13.7 Å². The van der Waals surface area contributed by atoms with E-state index in [0.29, 0.717) is 18.5 Å². The highest BCUT2D eigenvalue weighted by atomic mass is 127. The molecule has 1 unspecified atom stereocenters. The van der Waals surface area contributed by atoms with Gasteiger partial charge in [0.25, 0.3) is 0 Å². The number of likely N-dealkylation sites (tertiary alicyclic amines) is 1. The van der Waals surface area contributed by atoms with E-state index in [2.05, 4.69) is 46.4 Å². The van der Waals surface area contributed by atoms with Crippen LogP contribution in [0.15, 0.2) is 41.4 Å². The van der Waals surface area contributed by atoms with Gasteiger partial charge in [-0.3, -0.25) is 4.90 Å². The van der Waals surface area contributed by atoms with Crippen molar-refractivity contribution in [3.63, 3.8) is 0 Å². The highest BCUT2D eigenvalue weighted by molar-refractivity contribution is 14.0. The lowest BCUT2D eigenvalue weighted by Gasteiger charge is -2.23. The number of nitrogens with zero attached hydrogens (tertiary/aromatic N) is 2. The summed E-state index contributed by atoms with van der Waals surface area (Å²) in [6, 6.07) is 13.0. The number of nitrogens with two attached hydrogens (primary N) is 1. The normalized spacial score (nSPS) is 17.9. The van der Waals surface area contributed by atoms with E-state index in [9.17, 15) is 0 Å². The van der Waals surface area contributed by atoms with E-state index in [4.69, 9.17) is 10.5 Å². The van der Waals surface area contributed by atoms with Gasteiger partial charge in [-0.25, -0.2) is 4.99 Å². The molecule has 3 rings (SSSR count). The van der Waals surface area contributed by atoms with E-state index in [1.165, 1.54) is 30.2 Å². The number of nitrogens with one attached hydrogen (secondary N) is 1. The van der Waals surface area contributed by atoms with E-state index in [1.807, 2.05) is 12.1 Å². The lowest BCUT2D eigenvalue weighted by Crippen LogP contribution is -2.42. The lowest BCUT2D eigenvalue weighted by atomic mass is 10.1. The summed E-state index contributed by atoms with van der Waals surface area (Å²) in [5.74, 6) is 1.40. The predicted molar refractivity (Wildman–Crippen MR) is 120 cm³/mol. The number of rotatable bonds is 6. The van der Waals surface area contributed by atoms with Gasteiger partial charge >= 0.3 is 0 Å². The first-order chi connectivity index (χ1) is 12.2. The molecule has 0 aromatic heterocycles. The molecule has 6 heteroatoms. The number of ether oxygens (including phenoxy) is 1. The highest BCUT2D eigenvalue weighted by Crippen LogP contribution is 2.22. The molecular weight excluding hydrogens is 439 g/mol. The second kappa shape index (κ2) is 9.97. The first-order valence-corrected chi connectivity index (χ1v) is 9.04. The third kappa shape index (κ3) is 5.23. The van der Waals surface area contributed by atoms with Gasteiger partial charge in [0.15, 0.2) is 5.96 Å². The van der Waals surface area contributed by atoms with Crippen LogP contribution in [0.25, 0.3) is 10.8 Å². The molecule has 0 saturated carbocycles. The number of aliphatic imine (C=N–C) groups is 1. The molecule has 1 aliphatic heterocycles. The average molecular weight is 468 g/mol. The second-order valence-electron chi connectivity index (χ2n) is 6.55. The number of fused-ring (bicyclic) bond motifs is 1. The van der Waals surface area contributed by atoms with Crippen LogP contribution in [0.4, 0.5) is 0 Å². The zero-order chi connectivity index (χ0) is 17.6. The molecule has 3 N–H and O–H groups in total. The van der Waals surface area contributed by atoms with Gasteiger partial charge in [0.1, 0.15) is 5.75 Å². The Morgan fingerprint density at radius 3 is 2.81 bits per heavy atom. The lowest BCUT2D eigenvalue weighted by molar-refractivity contribution is 0.267. The van der Waals surface area contributed by atoms with Gasteiger partial charge in [-0.15, -0.1) is 24.0 Å². The van der Waals surface area contributed by atoms with Crippen LogP contribution in [-0.4, -0.2) is 43.6 Å². The Morgan fingerprint density at radius 1 is 1.27 bits per heavy atom. The zero-order valence-corrected chi connectivity index (χ0v) is 17.9. The second-order valence-corrected chi connectivity index (χ2v) is 6.55. The Labute approximate surface area is 173 Å². The summed E-state index contributed by atoms with van der Waals surface area (Å²) in [5.41, 5.74) is 7.19. The van der Waals surface area contributed by atoms with E-state index >= 15 is 0 Å². The van der Waals surface area contributed by atoms with Gasteiger partial charge in [0, 0.05) is 12.6 Å². The summed E-state index contributed by atoms with van der Waals surface area (Å²) < 4.78 is 5.27. The Bertz CT molecular complexity index is 750. The molecule has 1 fully saturated rings. The largest absolute Gasteiger partial charge is 0.497 e. The number of hydrogen-bond acceptors (Lipinski definition) is 3. The SMILES string of the molecule is CCN1CCCC1CNC(N)=NCc1ccc2cc(OC)ccc2c1.I. The molecule has 1 aliphatic rings. The number of halogens is 1. The summed E-state index contributed by atoms with van der Waals surface area (Å²) in [6.07, 6.45) is 2.52. The van der Waals surface area contributed by atoms with Crippen molar-refractivity contribution in [2.75, 3.05) is 26.7 Å². The molecule has 0 aliphatic carbocycles. The van der Waals surface area contributed by atoms with Crippen molar-refractivity contribution >= 4 is 40.7 Å². The van der Waals surface area contributed by atoms with E-state index < -0.39 is 0 Å². The highest BCUT2D eigenvalue weighted by Gasteiger charge is 2.22. The maximum Gasteiger partial charge on any atom is 0.188 e. The summed E-state index contributed by atoms with van der Waals surface area (Å²) in [4.78, 5) is 6.98. The van der Waals surface area contributed by atoms with Crippen molar-refractivity contribution in [1.82, 2.24) is 10.2 Å². The van der Waals surface area contributed by atoms with Crippen LogP contribution >= 0.6 is 24.0 Å². The quantitative estimate of drug-likeness (QED) is 0.388. The standard InChI is InChI=1S/C20H28N4O.HI/c1-3-24-10-4-5-18(24)14-23-20(21)22-13-15-6-7-17-12-19(25-2)9-8-16(17)11-15;/h6-9,11-12,18H,3-5,10,13-14H2,1-2H3,(H3,21,22,23);1H. The molecular formula is C20H29IN4O. The first-order valence-electron chi connectivity index (χ1n) is 9.04. The summed E-state index contributed by atoms with van der Waals surface area (Å²) in [6.45, 7) is 5.97. The van der Waals surface area contributed by atoms with Crippen LogP contribution in [0.1, 0.15) is 25.3 Å². The van der Waals surface area contributed by atoms with Crippen molar-refractivity contribution in [3.05, 3.63) is 42.0 Å². The molecule has 1 heterocycles. The van der Waals surface area contributed by atoms with Crippen LogP contribution < -0.4 is 15.8 Å². The van der Waals surface area contributed by atoms with Gasteiger partial charge < -0.3 is 15.8 Å². The van der Waals surface area contributed by atoms with E-state index in [1.54, 1.807) is 7.11 Å². The first kappa shape index (κ1) is 20.8. The summed E-state index contributed by atoms with van der Waals surface area (Å²) >= 11 is 0. The average Bonchev–Trinajstić information content (AvgIpc) is 3.11. The summed E-state index contributed by atoms with van der Waals surface area (Å²) in [5, 5.41) is 5.63. The Balaban J connectivity index is 0.00000243. The fraction of sp³-hybridized carbons (Fsp3) is 0.450. The molecule has 2 aromatic carbocycles. The van der Waals surface area contributed by atoms with Crippen LogP contribution in [0.2, 0.25) is 0 Å². The van der Waals surface area contributed by atoms with Crippen LogP contribution in [0.3, 0.4) is 0 Å². The Kier molecular flexibility index (Phi) is 7.96. The van der Waals surface area contributed by atoms with Gasteiger partial charge in [-0.05, 0) is 60.5 Å². The molecule has 0 bridgehead atoms. The number of hydrogen-bond donors (Lipinski definition) is 2. The van der Waals surface area contributed by atoms with Crippen LogP contribution in [0.5, 0.6) is 5.75 Å².